The molecule has 0 spiro atoms. The van der Waals surface area contributed by atoms with E-state index in [-0.39, 0.29) is 0 Å². The lowest BCUT2D eigenvalue weighted by Crippen LogP contribution is -1.77. The fourth-order valence-corrected chi connectivity index (χ4v) is 2.66. The van der Waals surface area contributed by atoms with E-state index in [0.717, 1.165) is 16.7 Å². The standard InChI is InChI=1S/C16H11N3O2S/c1-10-6-8-11(9-7-10)14-18-19-16(21-14)22-15-17-12-4-2-3-5-13(12)20-15/h2-9H,1H3. The monoisotopic (exact) mass is 309 g/mol. The molecule has 22 heavy (non-hydrogen) atoms. The molecular formula is C16H11N3O2S. The van der Waals surface area contributed by atoms with Gasteiger partial charge < -0.3 is 8.83 Å². The van der Waals surface area contributed by atoms with Gasteiger partial charge in [-0.15, -0.1) is 10.2 Å². The lowest BCUT2D eigenvalue weighted by Gasteiger charge is -1.94. The van der Waals surface area contributed by atoms with Gasteiger partial charge in [-0.1, -0.05) is 29.8 Å². The number of nitrogens with zero attached hydrogens (tertiary/aromatic N) is 3. The fourth-order valence-electron chi connectivity index (χ4n) is 2.03. The van der Waals surface area contributed by atoms with Crippen LogP contribution in [-0.4, -0.2) is 15.2 Å². The zero-order valence-electron chi connectivity index (χ0n) is 11.7. The summed E-state index contributed by atoms with van der Waals surface area (Å²) in [5.74, 6) is 0.485. The Morgan fingerprint density at radius 2 is 1.68 bits per heavy atom. The van der Waals surface area contributed by atoms with Crippen molar-refractivity contribution in [2.24, 2.45) is 0 Å². The van der Waals surface area contributed by atoms with Crippen molar-refractivity contribution in [1.82, 2.24) is 15.2 Å². The molecule has 0 aliphatic rings. The van der Waals surface area contributed by atoms with E-state index in [1.807, 2.05) is 55.5 Å². The van der Waals surface area contributed by atoms with Crippen molar-refractivity contribution in [1.29, 1.82) is 0 Å². The van der Waals surface area contributed by atoms with Gasteiger partial charge in [0.1, 0.15) is 5.52 Å². The molecule has 0 unspecified atom stereocenters. The minimum atomic E-state index is 0.405. The van der Waals surface area contributed by atoms with Gasteiger partial charge in [-0.2, -0.15) is 0 Å². The van der Waals surface area contributed by atoms with Gasteiger partial charge in [0.2, 0.25) is 5.89 Å². The molecule has 6 heteroatoms. The van der Waals surface area contributed by atoms with E-state index in [1.165, 1.54) is 17.3 Å². The zero-order valence-corrected chi connectivity index (χ0v) is 12.5. The molecule has 0 fully saturated rings. The molecule has 0 bridgehead atoms. The molecule has 0 saturated heterocycles. The van der Waals surface area contributed by atoms with Crippen molar-refractivity contribution in [2.45, 2.75) is 17.4 Å². The molecule has 2 aromatic heterocycles. The molecule has 0 N–H and O–H groups in total. The average Bonchev–Trinajstić information content (AvgIpc) is 3.14. The van der Waals surface area contributed by atoms with Crippen LogP contribution in [0.25, 0.3) is 22.6 Å². The highest BCUT2D eigenvalue weighted by atomic mass is 32.2. The Morgan fingerprint density at radius 1 is 0.864 bits per heavy atom. The molecule has 0 saturated carbocycles. The molecule has 4 rings (SSSR count). The van der Waals surface area contributed by atoms with E-state index in [1.54, 1.807) is 0 Å². The molecule has 4 aromatic rings. The van der Waals surface area contributed by atoms with Gasteiger partial charge in [0.05, 0.1) is 0 Å². The summed E-state index contributed by atoms with van der Waals surface area (Å²) in [6.07, 6.45) is 0. The average molecular weight is 309 g/mol. The normalized spacial score (nSPS) is 11.1. The molecule has 0 aliphatic heterocycles. The van der Waals surface area contributed by atoms with Crippen LogP contribution in [0.2, 0.25) is 0 Å². The summed E-state index contributed by atoms with van der Waals surface area (Å²) in [5, 5.41) is 8.98. The Hall–Kier alpha value is -2.60. The minimum absolute atomic E-state index is 0.405. The largest absolute Gasteiger partial charge is 0.431 e. The zero-order chi connectivity index (χ0) is 14.9. The van der Waals surface area contributed by atoms with Gasteiger partial charge in [-0.05, 0) is 31.2 Å². The number of fused-ring (bicyclic) bond motifs is 1. The molecule has 0 atom stereocenters. The summed E-state index contributed by atoms with van der Waals surface area (Å²) in [6.45, 7) is 2.03. The lowest BCUT2D eigenvalue weighted by molar-refractivity contribution is 0.452. The smallest absolute Gasteiger partial charge is 0.286 e. The Labute approximate surface area is 130 Å². The summed E-state index contributed by atoms with van der Waals surface area (Å²) >= 11 is 1.21. The first kappa shape index (κ1) is 13.1. The Morgan fingerprint density at radius 3 is 2.50 bits per heavy atom. The Balaban J connectivity index is 1.60. The topological polar surface area (TPSA) is 65.0 Å². The third kappa shape index (κ3) is 2.48. The number of rotatable bonds is 3. The lowest BCUT2D eigenvalue weighted by atomic mass is 10.1. The summed E-state index contributed by atoms with van der Waals surface area (Å²) < 4.78 is 11.3. The highest BCUT2D eigenvalue weighted by Crippen LogP contribution is 2.30. The first-order valence-electron chi connectivity index (χ1n) is 6.72. The molecule has 5 nitrogen and oxygen atoms in total. The van der Waals surface area contributed by atoms with Crippen molar-refractivity contribution < 1.29 is 8.83 Å². The van der Waals surface area contributed by atoms with Crippen LogP contribution in [0.1, 0.15) is 5.56 Å². The molecule has 0 aliphatic carbocycles. The van der Waals surface area contributed by atoms with E-state index < -0.39 is 0 Å². The number of hydrogen-bond acceptors (Lipinski definition) is 6. The minimum Gasteiger partial charge on any atom is -0.431 e. The number of benzene rings is 2. The van der Waals surface area contributed by atoms with E-state index in [2.05, 4.69) is 15.2 Å². The van der Waals surface area contributed by atoms with Crippen LogP contribution in [0.5, 0.6) is 0 Å². The predicted octanol–water partition coefficient (Wildman–Crippen LogP) is 4.34. The van der Waals surface area contributed by atoms with Crippen LogP contribution < -0.4 is 0 Å². The van der Waals surface area contributed by atoms with Crippen molar-refractivity contribution in [3.63, 3.8) is 0 Å². The van der Waals surface area contributed by atoms with E-state index >= 15 is 0 Å². The second-order valence-electron chi connectivity index (χ2n) is 4.79. The second-order valence-corrected chi connectivity index (χ2v) is 5.69. The maximum Gasteiger partial charge on any atom is 0.286 e. The quantitative estimate of drug-likeness (QED) is 0.561. The summed E-state index contributed by atoms with van der Waals surface area (Å²) in [6, 6.07) is 15.5. The summed E-state index contributed by atoms with van der Waals surface area (Å²) in [7, 11) is 0. The maximum absolute atomic E-state index is 5.65. The van der Waals surface area contributed by atoms with Crippen molar-refractivity contribution >= 4 is 22.9 Å². The molecule has 2 aromatic carbocycles. The van der Waals surface area contributed by atoms with Crippen LogP contribution in [0.4, 0.5) is 0 Å². The number of oxazole rings is 1. The van der Waals surface area contributed by atoms with Gasteiger partial charge in [-0.3, -0.25) is 0 Å². The summed E-state index contributed by atoms with van der Waals surface area (Å²) in [5.41, 5.74) is 3.62. The van der Waals surface area contributed by atoms with Gasteiger partial charge in [0.15, 0.2) is 5.58 Å². The number of aryl methyl sites for hydroxylation is 1. The van der Waals surface area contributed by atoms with Crippen LogP contribution in [0.15, 0.2) is 67.8 Å². The van der Waals surface area contributed by atoms with E-state index in [0.29, 0.717) is 16.3 Å². The van der Waals surface area contributed by atoms with E-state index in [9.17, 15) is 0 Å². The van der Waals surface area contributed by atoms with Crippen molar-refractivity contribution in [3.05, 3.63) is 54.1 Å². The van der Waals surface area contributed by atoms with Gasteiger partial charge >= 0.3 is 0 Å². The van der Waals surface area contributed by atoms with Crippen LogP contribution in [0.3, 0.4) is 0 Å². The molecule has 0 radical (unpaired) electrons. The highest BCUT2D eigenvalue weighted by Gasteiger charge is 2.13. The summed E-state index contributed by atoms with van der Waals surface area (Å²) in [4.78, 5) is 4.37. The van der Waals surface area contributed by atoms with Gasteiger partial charge in [0, 0.05) is 17.3 Å². The molecule has 108 valence electrons. The van der Waals surface area contributed by atoms with Crippen LogP contribution in [0, 0.1) is 6.92 Å². The second kappa shape index (κ2) is 5.31. The van der Waals surface area contributed by atoms with Crippen molar-refractivity contribution in [3.8, 4) is 11.5 Å². The molecular weight excluding hydrogens is 298 g/mol. The van der Waals surface area contributed by atoms with Gasteiger partial charge in [0.25, 0.3) is 10.4 Å². The molecule has 2 heterocycles. The number of hydrogen-bond donors (Lipinski definition) is 0. The number of aromatic nitrogens is 3. The Kier molecular flexibility index (Phi) is 3.16. The maximum atomic E-state index is 5.65. The third-order valence-electron chi connectivity index (χ3n) is 3.15. The number of para-hydroxylation sites is 2. The molecule has 0 amide bonds. The van der Waals surface area contributed by atoms with Crippen LogP contribution in [-0.2, 0) is 0 Å². The highest BCUT2D eigenvalue weighted by molar-refractivity contribution is 7.98. The Bertz CT molecular complexity index is 895. The third-order valence-corrected chi connectivity index (χ3v) is 3.84. The predicted molar refractivity (Wildman–Crippen MR) is 82.6 cm³/mol. The fraction of sp³-hybridized carbons (Fsp3) is 0.0625. The SMILES string of the molecule is Cc1ccc(-c2nnc(Sc3nc4ccccc4o3)o2)cc1. The van der Waals surface area contributed by atoms with E-state index in [4.69, 9.17) is 8.83 Å². The van der Waals surface area contributed by atoms with Crippen molar-refractivity contribution in [2.75, 3.05) is 0 Å². The first-order valence-corrected chi connectivity index (χ1v) is 7.53. The van der Waals surface area contributed by atoms with Crippen LogP contribution >= 0.6 is 11.8 Å². The first-order chi connectivity index (χ1) is 10.8. The van der Waals surface area contributed by atoms with Gasteiger partial charge in [-0.25, -0.2) is 4.98 Å².